The van der Waals surface area contributed by atoms with Crippen molar-refractivity contribution in [2.45, 2.75) is 43.5 Å². The topological polar surface area (TPSA) is 55.4 Å². The van der Waals surface area contributed by atoms with Crippen LogP contribution < -0.4 is 9.46 Å². The molecule has 0 fully saturated rings. The van der Waals surface area contributed by atoms with E-state index in [1.165, 1.54) is 24.0 Å². The molecule has 1 aliphatic carbocycles. The van der Waals surface area contributed by atoms with Gasteiger partial charge in [0.1, 0.15) is 5.75 Å². The Bertz CT molecular complexity index is 880. The zero-order valence-electron chi connectivity index (χ0n) is 14.4. The highest BCUT2D eigenvalue weighted by Gasteiger charge is 2.20. The van der Waals surface area contributed by atoms with Gasteiger partial charge in [-0.3, -0.25) is 0 Å². The third-order valence-electron chi connectivity index (χ3n) is 4.64. The highest BCUT2D eigenvalue weighted by molar-refractivity contribution is 9.10. The van der Waals surface area contributed by atoms with E-state index in [4.69, 9.17) is 4.74 Å². The number of nitrogens with one attached hydrogen (secondary N) is 1. The van der Waals surface area contributed by atoms with Crippen LogP contribution >= 0.6 is 15.9 Å². The van der Waals surface area contributed by atoms with E-state index in [1.807, 2.05) is 13.0 Å². The van der Waals surface area contributed by atoms with Crippen molar-refractivity contribution in [3.63, 3.8) is 0 Å². The van der Waals surface area contributed by atoms with Crippen LogP contribution in [0.4, 0.5) is 0 Å². The lowest BCUT2D eigenvalue weighted by atomic mass is 9.89. The first-order valence-electron chi connectivity index (χ1n) is 8.38. The Hall–Kier alpha value is -1.37. The number of fused-ring (bicyclic) bond motifs is 1. The lowest BCUT2D eigenvalue weighted by Gasteiger charge is -2.20. The van der Waals surface area contributed by atoms with Gasteiger partial charge in [-0.25, -0.2) is 13.1 Å². The number of aryl methyl sites for hydroxylation is 2. The Kier molecular flexibility index (Phi) is 5.51. The van der Waals surface area contributed by atoms with Crippen LogP contribution in [0.5, 0.6) is 5.75 Å². The molecule has 0 aliphatic heterocycles. The molecule has 0 saturated heterocycles. The maximum atomic E-state index is 12.7. The van der Waals surface area contributed by atoms with Crippen molar-refractivity contribution in [2.75, 3.05) is 7.11 Å². The molecule has 0 spiro atoms. The van der Waals surface area contributed by atoms with Crippen LogP contribution in [0.15, 0.2) is 45.8 Å². The van der Waals surface area contributed by atoms with E-state index in [-0.39, 0.29) is 10.9 Å². The van der Waals surface area contributed by atoms with Gasteiger partial charge in [0, 0.05) is 6.04 Å². The van der Waals surface area contributed by atoms with E-state index < -0.39 is 10.0 Å². The van der Waals surface area contributed by atoms with Crippen molar-refractivity contribution in [3.8, 4) is 5.75 Å². The normalized spacial score (nSPS) is 15.5. The fraction of sp³-hybridized carbons (Fsp3) is 0.368. The maximum Gasteiger partial charge on any atom is 0.241 e. The van der Waals surface area contributed by atoms with Gasteiger partial charge in [-0.2, -0.15) is 0 Å². The molecule has 0 aromatic heterocycles. The number of benzene rings is 2. The van der Waals surface area contributed by atoms with Crippen LogP contribution in [-0.2, 0) is 22.9 Å². The summed E-state index contributed by atoms with van der Waals surface area (Å²) >= 11 is 3.33. The number of ether oxygens (including phenoxy) is 1. The minimum Gasteiger partial charge on any atom is -0.496 e. The number of methoxy groups -OCH3 is 1. The van der Waals surface area contributed by atoms with Crippen LogP contribution in [0.2, 0.25) is 0 Å². The highest BCUT2D eigenvalue weighted by Crippen LogP contribution is 2.29. The minimum atomic E-state index is -3.61. The smallest absolute Gasteiger partial charge is 0.241 e. The Morgan fingerprint density at radius 2 is 1.80 bits per heavy atom. The molecule has 1 aliphatic rings. The molecule has 3 rings (SSSR count). The summed E-state index contributed by atoms with van der Waals surface area (Å²) in [5, 5.41) is 0. The van der Waals surface area contributed by atoms with Gasteiger partial charge in [0.05, 0.1) is 16.5 Å². The minimum absolute atomic E-state index is 0.213. The third kappa shape index (κ3) is 4.07. The van der Waals surface area contributed by atoms with Crippen molar-refractivity contribution < 1.29 is 13.2 Å². The molecule has 1 atom stereocenters. The van der Waals surface area contributed by atoms with Crippen LogP contribution in [0.3, 0.4) is 0 Å². The maximum absolute atomic E-state index is 12.7. The summed E-state index contributed by atoms with van der Waals surface area (Å²) in [4.78, 5) is 0.213. The quantitative estimate of drug-likeness (QED) is 0.775. The summed E-state index contributed by atoms with van der Waals surface area (Å²) < 4.78 is 33.9. The van der Waals surface area contributed by atoms with Crippen molar-refractivity contribution in [3.05, 3.63) is 57.6 Å². The fourth-order valence-electron chi connectivity index (χ4n) is 3.21. The summed E-state index contributed by atoms with van der Waals surface area (Å²) in [6.45, 7) is 1.88. The van der Waals surface area contributed by atoms with E-state index in [9.17, 15) is 8.42 Å². The van der Waals surface area contributed by atoms with Crippen LogP contribution in [0.25, 0.3) is 0 Å². The number of halogens is 1. The predicted molar refractivity (Wildman–Crippen MR) is 103 cm³/mol. The van der Waals surface area contributed by atoms with Gasteiger partial charge in [-0.1, -0.05) is 18.2 Å². The molecular formula is C19H22BrNO3S. The van der Waals surface area contributed by atoms with Crippen LogP contribution in [0.1, 0.15) is 42.5 Å². The summed E-state index contributed by atoms with van der Waals surface area (Å²) in [7, 11) is -2.07. The summed E-state index contributed by atoms with van der Waals surface area (Å²) in [5.74, 6) is 0.599. The number of hydrogen-bond acceptors (Lipinski definition) is 3. The van der Waals surface area contributed by atoms with E-state index in [2.05, 4.69) is 32.8 Å². The Morgan fingerprint density at radius 3 is 2.48 bits per heavy atom. The monoisotopic (exact) mass is 423 g/mol. The fourth-order valence-corrected chi connectivity index (χ4v) is 5.16. The zero-order valence-corrected chi connectivity index (χ0v) is 16.8. The Morgan fingerprint density at radius 1 is 1.08 bits per heavy atom. The van der Waals surface area contributed by atoms with E-state index >= 15 is 0 Å². The number of sulfonamides is 1. The first-order chi connectivity index (χ1) is 11.9. The van der Waals surface area contributed by atoms with E-state index in [0.29, 0.717) is 10.2 Å². The SMILES string of the molecule is COc1ccc(S(=O)(=O)NC(C)c2ccc3c(c2)CCCC3)cc1Br. The molecule has 4 nitrogen and oxygen atoms in total. The second-order valence-electron chi connectivity index (χ2n) is 6.37. The standard InChI is InChI=1S/C19H22BrNO3S/c1-13(15-8-7-14-5-3-4-6-16(14)11-15)21-25(22,23)17-9-10-19(24-2)18(20)12-17/h7-13,21H,3-6H2,1-2H3. The molecule has 134 valence electrons. The average molecular weight is 424 g/mol. The van der Waals surface area contributed by atoms with Gasteiger partial charge in [-0.15, -0.1) is 0 Å². The molecular weight excluding hydrogens is 402 g/mol. The lowest BCUT2D eigenvalue weighted by Crippen LogP contribution is -2.27. The molecule has 0 radical (unpaired) electrons. The first kappa shape index (κ1) is 18.4. The Balaban J connectivity index is 1.81. The Labute approximate surface area is 157 Å². The predicted octanol–water partition coefficient (Wildman–Crippen LogP) is 4.38. The van der Waals surface area contributed by atoms with Gasteiger partial charge in [0.25, 0.3) is 0 Å². The molecule has 0 bridgehead atoms. The van der Waals surface area contributed by atoms with Crippen molar-refractivity contribution >= 4 is 26.0 Å². The number of hydrogen-bond donors (Lipinski definition) is 1. The van der Waals surface area contributed by atoms with Crippen molar-refractivity contribution in [2.24, 2.45) is 0 Å². The molecule has 6 heteroatoms. The molecule has 0 heterocycles. The molecule has 2 aromatic carbocycles. The van der Waals surface area contributed by atoms with Gasteiger partial charge < -0.3 is 4.74 Å². The second-order valence-corrected chi connectivity index (χ2v) is 8.94. The first-order valence-corrected chi connectivity index (χ1v) is 10.7. The third-order valence-corrected chi connectivity index (χ3v) is 6.80. The van der Waals surface area contributed by atoms with Crippen LogP contribution in [0, 0.1) is 0 Å². The zero-order chi connectivity index (χ0) is 18.0. The van der Waals surface area contributed by atoms with Crippen LogP contribution in [-0.4, -0.2) is 15.5 Å². The van der Waals surface area contributed by atoms with E-state index in [1.54, 1.807) is 25.3 Å². The molecule has 25 heavy (non-hydrogen) atoms. The molecule has 2 aromatic rings. The summed E-state index contributed by atoms with van der Waals surface area (Å²) in [6.07, 6.45) is 4.64. The van der Waals surface area contributed by atoms with E-state index in [0.717, 1.165) is 18.4 Å². The molecule has 0 amide bonds. The van der Waals surface area contributed by atoms with Gasteiger partial charge >= 0.3 is 0 Å². The lowest BCUT2D eigenvalue weighted by molar-refractivity contribution is 0.411. The largest absolute Gasteiger partial charge is 0.496 e. The summed E-state index contributed by atoms with van der Waals surface area (Å²) in [5.41, 5.74) is 3.74. The van der Waals surface area contributed by atoms with Gasteiger partial charge in [-0.05, 0) is 83.4 Å². The summed E-state index contributed by atoms with van der Waals surface area (Å²) in [6, 6.07) is 10.8. The van der Waals surface area contributed by atoms with Gasteiger partial charge in [0.15, 0.2) is 0 Å². The molecule has 1 N–H and O–H groups in total. The average Bonchev–Trinajstić information content (AvgIpc) is 2.60. The van der Waals surface area contributed by atoms with Crippen molar-refractivity contribution in [1.82, 2.24) is 4.72 Å². The van der Waals surface area contributed by atoms with Gasteiger partial charge in [0.2, 0.25) is 10.0 Å². The van der Waals surface area contributed by atoms with Crippen molar-refractivity contribution in [1.29, 1.82) is 0 Å². The molecule has 1 unspecified atom stereocenters. The molecule has 0 saturated carbocycles. The number of rotatable bonds is 5. The highest BCUT2D eigenvalue weighted by atomic mass is 79.9. The second kappa shape index (κ2) is 7.48.